The number of nitrogens with one attached hydrogen (secondary N) is 1. The normalized spacial score (nSPS) is 29.1. The molecule has 3 aliphatic rings. The van der Waals surface area contributed by atoms with Gasteiger partial charge in [-0.05, 0) is 86.6 Å². The van der Waals surface area contributed by atoms with Crippen LogP contribution in [-0.4, -0.2) is 109 Å². The average molecular weight is 964 g/mol. The van der Waals surface area contributed by atoms with Gasteiger partial charge in [-0.25, -0.2) is 19.2 Å². The van der Waals surface area contributed by atoms with Gasteiger partial charge in [-0.1, -0.05) is 114 Å². The number of benzene rings is 4. The van der Waals surface area contributed by atoms with Crippen molar-refractivity contribution in [2.75, 3.05) is 6.61 Å². The molecule has 2 aliphatic heterocycles. The lowest BCUT2D eigenvalue weighted by atomic mass is 9.79. The van der Waals surface area contributed by atoms with Gasteiger partial charge in [0.2, 0.25) is 0 Å². The summed E-state index contributed by atoms with van der Waals surface area (Å²) >= 11 is 0. The largest absolute Gasteiger partial charge is 0.459 e. The summed E-state index contributed by atoms with van der Waals surface area (Å²) < 4.78 is 50.7. The molecule has 4 aromatic carbocycles. The lowest BCUT2D eigenvalue weighted by Gasteiger charge is -2.49. The Morgan fingerprint density at radius 2 is 1.13 bits per heavy atom. The molecule has 7 rings (SSSR count). The maximum absolute atomic E-state index is 14.4. The Morgan fingerprint density at radius 3 is 1.67 bits per heavy atom. The molecular weight excluding hydrogens is 899 g/mol. The molecule has 374 valence electrons. The molecule has 70 heavy (non-hydrogen) atoms. The number of rotatable bonds is 18. The number of esters is 4. The van der Waals surface area contributed by atoms with Crippen molar-refractivity contribution in [3.8, 4) is 0 Å². The van der Waals surface area contributed by atoms with E-state index in [4.69, 9.17) is 37.9 Å². The van der Waals surface area contributed by atoms with E-state index in [1.54, 1.807) is 128 Å². The van der Waals surface area contributed by atoms with Crippen molar-refractivity contribution in [3.63, 3.8) is 0 Å². The molecule has 0 aromatic heterocycles. The minimum atomic E-state index is -1.53. The smallest absolute Gasteiger partial charge is 0.338 e. The molecule has 1 aliphatic carbocycles. The highest BCUT2D eigenvalue weighted by Gasteiger charge is 2.54. The first-order valence-corrected chi connectivity index (χ1v) is 24.5. The average Bonchev–Trinajstić information content (AvgIpc) is 3.38. The fourth-order valence-corrected chi connectivity index (χ4v) is 9.30. The van der Waals surface area contributed by atoms with E-state index < -0.39 is 104 Å². The molecule has 4 aromatic rings. The number of amides is 1. The van der Waals surface area contributed by atoms with Crippen molar-refractivity contribution in [2.24, 2.45) is 17.8 Å². The van der Waals surface area contributed by atoms with Gasteiger partial charge in [0.05, 0.1) is 40.5 Å². The third-order valence-electron chi connectivity index (χ3n) is 13.3. The van der Waals surface area contributed by atoms with Crippen molar-refractivity contribution in [3.05, 3.63) is 144 Å². The van der Waals surface area contributed by atoms with Gasteiger partial charge in [0, 0.05) is 11.8 Å². The second-order valence-electron chi connectivity index (χ2n) is 18.5. The lowest BCUT2D eigenvalue weighted by molar-refractivity contribution is -0.323. The number of carbonyl (C=O) groups excluding carboxylic acids is 5. The van der Waals surface area contributed by atoms with Gasteiger partial charge < -0.3 is 48.3 Å². The zero-order chi connectivity index (χ0) is 49.7. The van der Waals surface area contributed by atoms with Crippen molar-refractivity contribution >= 4 is 29.8 Å². The zero-order valence-electron chi connectivity index (χ0n) is 40.3. The summed E-state index contributed by atoms with van der Waals surface area (Å²) in [5.41, 5.74) is 1.01. The molecule has 2 heterocycles. The Kier molecular flexibility index (Phi) is 18.3. The van der Waals surface area contributed by atoms with Gasteiger partial charge in [0.15, 0.2) is 24.8 Å². The van der Waals surface area contributed by atoms with Crippen LogP contribution in [0.1, 0.15) is 115 Å². The van der Waals surface area contributed by atoms with E-state index in [1.165, 1.54) is 0 Å². The van der Waals surface area contributed by atoms with Crippen LogP contribution < -0.4 is 5.32 Å². The zero-order valence-corrected chi connectivity index (χ0v) is 40.3. The molecule has 2 saturated heterocycles. The van der Waals surface area contributed by atoms with Crippen LogP contribution in [0.4, 0.5) is 0 Å². The second kappa shape index (κ2) is 24.7. The van der Waals surface area contributed by atoms with Crippen LogP contribution in [0, 0.1) is 17.8 Å². The van der Waals surface area contributed by atoms with Gasteiger partial charge in [-0.2, -0.15) is 0 Å². The van der Waals surface area contributed by atoms with Crippen molar-refractivity contribution < 1.29 is 67.0 Å². The van der Waals surface area contributed by atoms with Crippen LogP contribution in [-0.2, 0) is 42.7 Å². The maximum atomic E-state index is 14.4. The van der Waals surface area contributed by atoms with Crippen LogP contribution in [0.2, 0.25) is 0 Å². The summed E-state index contributed by atoms with van der Waals surface area (Å²) in [4.78, 5) is 68.8. The Balaban J connectivity index is 1.24. The van der Waals surface area contributed by atoms with Gasteiger partial charge in [-0.3, -0.25) is 4.79 Å². The predicted molar refractivity (Wildman–Crippen MR) is 255 cm³/mol. The monoisotopic (exact) mass is 963 g/mol. The number of aliphatic hydroxyl groups excluding tert-OH is 1. The quantitative estimate of drug-likeness (QED) is 0.0723. The number of aliphatic hydroxyl groups is 1. The molecule has 0 bridgehead atoms. The summed E-state index contributed by atoms with van der Waals surface area (Å²) in [6.45, 7) is 9.12. The van der Waals surface area contributed by atoms with Crippen LogP contribution in [0.5, 0.6) is 0 Å². The fourth-order valence-electron chi connectivity index (χ4n) is 9.30. The molecule has 15 heteroatoms. The van der Waals surface area contributed by atoms with Crippen molar-refractivity contribution in [2.45, 2.75) is 141 Å². The number of carbonyl (C=O) groups is 5. The molecule has 6 unspecified atom stereocenters. The molecule has 2 N–H and O–H groups in total. The highest BCUT2D eigenvalue weighted by Crippen LogP contribution is 2.39. The topological polar surface area (TPSA) is 191 Å². The lowest BCUT2D eigenvalue weighted by Crippen LogP contribution is -2.65. The van der Waals surface area contributed by atoms with Crippen molar-refractivity contribution in [1.29, 1.82) is 0 Å². The molecule has 0 radical (unpaired) electrons. The molecule has 15 nitrogen and oxygen atoms in total. The summed E-state index contributed by atoms with van der Waals surface area (Å²) in [5, 5.41) is 15.7. The first kappa shape index (κ1) is 51.9. The Morgan fingerprint density at radius 1 is 0.614 bits per heavy atom. The molecule has 1 saturated carbocycles. The van der Waals surface area contributed by atoms with Gasteiger partial charge in [0.1, 0.15) is 31.0 Å². The van der Waals surface area contributed by atoms with Crippen molar-refractivity contribution in [1.82, 2.24) is 5.32 Å². The van der Waals surface area contributed by atoms with Gasteiger partial charge in [0.25, 0.3) is 5.91 Å². The minimum absolute atomic E-state index is 0.00675. The molecular formula is C55H65NO14. The minimum Gasteiger partial charge on any atom is -0.459 e. The third-order valence-corrected chi connectivity index (χ3v) is 13.3. The number of hydrogen-bond acceptors (Lipinski definition) is 14. The third kappa shape index (κ3) is 13.1. The first-order valence-electron chi connectivity index (χ1n) is 24.5. The Labute approximate surface area is 409 Å². The van der Waals surface area contributed by atoms with E-state index in [0.29, 0.717) is 6.42 Å². The van der Waals surface area contributed by atoms with Crippen LogP contribution in [0.15, 0.2) is 121 Å². The van der Waals surface area contributed by atoms with E-state index in [1.807, 2.05) is 27.7 Å². The Bertz CT molecular complexity index is 2320. The highest BCUT2D eigenvalue weighted by atomic mass is 16.7. The van der Waals surface area contributed by atoms with Crippen LogP contribution >= 0.6 is 0 Å². The summed E-state index contributed by atoms with van der Waals surface area (Å²) in [5.74, 6) is -4.65. The maximum Gasteiger partial charge on any atom is 0.338 e. The number of hydrogen-bond donors (Lipinski definition) is 2. The molecule has 14 atom stereocenters. The van der Waals surface area contributed by atoms with E-state index >= 15 is 0 Å². The summed E-state index contributed by atoms with van der Waals surface area (Å²) in [6, 6.07) is 32.4. The predicted octanol–water partition coefficient (Wildman–Crippen LogP) is 7.89. The van der Waals surface area contributed by atoms with E-state index in [0.717, 1.165) is 19.3 Å². The fraction of sp³-hybridized carbons (Fsp3) is 0.473. The summed E-state index contributed by atoms with van der Waals surface area (Å²) in [7, 11) is 0. The molecule has 0 spiro atoms. The Hall–Kier alpha value is -5.97. The first-order chi connectivity index (χ1) is 33.8. The molecule has 3 fully saturated rings. The SMILES string of the molecule is CCC[C@H](OC(=O)c1ccccc1)C(=O)N[C@@H]1C[C@H](C)C(O[C@@H]2OC(CC)CCC2C)C(O)[C@@H]1O[C@@H]1OC(COC(=O)c2ccccc2)[C@H](OC(=O)c2ccccc2)[C@H](C)C1OC(=O)c1ccccc1. The van der Waals surface area contributed by atoms with E-state index in [9.17, 15) is 29.1 Å². The standard InChI is InChI=1S/C55H65NO14/c1-6-20-42(65-51(60)37-23-14-9-15-24-37)49(58)56-41-31-34(4)45(69-54-33(3)29-30-40(7-2)64-54)44(57)48(41)70-55-47(68-53(62)39-27-18-11-19-28-39)35(5)46(67-52(61)38-25-16-10-17-26-38)43(66-55)32-63-50(59)36-21-12-8-13-22-36/h8-19,21-28,33-35,40-48,54-55,57H,6-7,20,29-32H2,1-5H3,(H,56,58)/t33?,34-,35-,40?,41+,42-,43?,44?,45?,46+,47?,48+,54-,55-/m0/s1. The highest BCUT2D eigenvalue weighted by molar-refractivity contribution is 5.92. The van der Waals surface area contributed by atoms with Gasteiger partial charge in [-0.15, -0.1) is 0 Å². The van der Waals surface area contributed by atoms with Crippen LogP contribution in [0.3, 0.4) is 0 Å². The van der Waals surface area contributed by atoms with E-state index in [-0.39, 0.29) is 53.0 Å². The second-order valence-corrected chi connectivity index (χ2v) is 18.5. The van der Waals surface area contributed by atoms with Crippen LogP contribution in [0.25, 0.3) is 0 Å². The number of ether oxygens (including phenoxy) is 8. The molecule has 1 amide bonds. The van der Waals surface area contributed by atoms with E-state index in [2.05, 4.69) is 5.32 Å². The summed E-state index contributed by atoms with van der Waals surface area (Å²) in [6.07, 6.45) is -7.32. The van der Waals surface area contributed by atoms with Gasteiger partial charge >= 0.3 is 23.9 Å².